The van der Waals surface area contributed by atoms with Gasteiger partial charge in [0.1, 0.15) is 5.69 Å². The molecule has 0 aromatic carbocycles. The second-order valence-corrected chi connectivity index (χ2v) is 8.12. The molecular formula is C17H16F3N5O5S. The standard InChI is InChI=1S/C17H16F3N5O5S/c1-28-16-12(4-10(18)15(23-16)30-8-13(19)20)24-31(26,27)14-5-21-17-22-11(2-3-25(14)17)9-6-29-7-9/h2-5,9,13,24H,6-8H2,1H3. The Kier molecular flexibility index (Phi) is 5.58. The molecule has 166 valence electrons. The van der Waals surface area contributed by atoms with E-state index in [1.54, 1.807) is 6.07 Å². The molecule has 1 fully saturated rings. The van der Waals surface area contributed by atoms with Gasteiger partial charge in [-0.15, -0.1) is 0 Å². The lowest BCUT2D eigenvalue weighted by Gasteiger charge is -2.25. The van der Waals surface area contributed by atoms with Gasteiger partial charge in [0.25, 0.3) is 22.3 Å². The van der Waals surface area contributed by atoms with Crippen molar-refractivity contribution in [2.45, 2.75) is 17.4 Å². The first-order valence-corrected chi connectivity index (χ1v) is 10.4. The quantitative estimate of drug-likeness (QED) is 0.542. The van der Waals surface area contributed by atoms with Gasteiger partial charge in [-0.05, 0) is 6.07 Å². The number of halogens is 3. The molecular weight excluding hydrogens is 443 g/mol. The molecule has 4 heterocycles. The summed E-state index contributed by atoms with van der Waals surface area (Å²) in [6.07, 6.45) is -0.233. The normalized spacial score (nSPS) is 14.6. The second kappa shape index (κ2) is 8.19. The number of rotatable bonds is 8. The lowest BCUT2D eigenvalue weighted by atomic mass is 10.0. The fraction of sp³-hybridized carbons (Fsp3) is 0.353. The van der Waals surface area contributed by atoms with Gasteiger partial charge in [-0.1, -0.05) is 0 Å². The van der Waals surface area contributed by atoms with Crippen LogP contribution in [0.2, 0.25) is 0 Å². The minimum absolute atomic E-state index is 0.129. The van der Waals surface area contributed by atoms with Gasteiger partial charge in [0.05, 0.1) is 32.2 Å². The molecule has 0 unspecified atom stereocenters. The van der Waals surface area contributed by atoms with Crippen LogP contribution in [0.25, 0.3) is 5.78 Å². The molecule has 31 heavy (non-hydrogen) atoms. The first kappa shape index (κ1) is 21.1. The Balaban J connectivity index is 1.63. The topological polar surface area (TPSA) is 117 Å². The number of aromatic nitrogens is 4. The van der Waals surface area contributed by atoms with Gasteiger partial charge in [-0.2, -0.15) is 13.4 Å². The van der Waals surface area contributed by atoms with Crippen molar-refractivity contribution >= 4 is 21.5 Å². The largest absolute Gasteiger partial charge is 0.479 e. The molecule has 0 radical (unpaired) electrons. The molecule has 1 aliphatic heterocycles. The molecule has 3 aromatic heterocycles. The molecule has 4 rings (SSSR count). The molecule has 0 amide bonds. The van der Waals surface area contributed by atoms with Gasteiger partial charge in [0.15, 0.2) is 17.5 Å². The number of anilines is 1. The summed E-state index contributed by atoms with van der Waals surface area (Å²) >= 11 is 0. The summed E-state index contributed by atoms with van der Waals surface area (Å²) in [5, 5.41) is -0.258. The fourth-order valence-electron chi connectivity index (χ4n) is 2.82. The van der Waals surface area contributed by atoms with E-state index in [9.17, 15) is 21.6 Å². The van der Waals surface area contributed by atoms with Gasteiger partial charge in [0.2, 0.25) is 11.7 Å². The maximum Gasteiger partial charge on any atom is 0.279 e. The molecule has 0 spiro atoms. The van der Waals surface area contributed by atoms with E-state index in [4.69, 9.17) is 9.47 Å². The summed E-state index contributed by atoms with van der Waals surface area (Å²) in [5.74, 6) is -1.97. The summed E-state index contributed by atoms with van der Waals surface area (Å²) in [4.78, 5) is 12.0. The SMILES string of the molecule is COc1nc(OCC(F)F)c(F)cc1NS(=O)(=O)c1cnc2nc(C3COC3)ccn12. The number of hydrogen-bond donors (Lipinski definition) is 1. The minimum Gasteiger partial charge on any atom is -0.479 e. The van der Waals surface area contributed by atoms with E-state index in [1.807, 2.05) is 0 Å². The minimum atomic E-state index is -4.27. The van der Waals surface area contributed by atoms with Crippen LogP contribution >= 0.6 is 0 Å². The Labute approximate surface area is 174 Å². The van der Waals surface area contributed by atoms with Crippen molar-refractivity contribution in [2.24, 2.45) is 0 Å². The highest BCUT2D eigenvalue weighted by Crippen LogP contribution is 2.30. The first-order chi connectivity index (χ1) is 14.8. The monoisotopic (exact) mass is 459 g/mol. The third-order valence-corrected chi connectivity index (χ3v) is 5.73. The van der Waals surface area contributed by atoms with Crippen LogP contribution in [0.1, 0.15) is 11.6 Å². The van der Waals surface area contributed by atoms with Crippen molar-refractivity contribution in [3.05, 3.63) is 36.0 Å². The number of nitrogens with zero attached hydrogens (tertiary/aromatic N) is 4. The molecule has 0 bridgehead atoms. The molecule has 1 aliphatic rings. The number of hydrogen-bond acceptors (Lipinski definition) is 8. The summed E-state index contributed by atoms with van der Waals surface area (Å²) in [6.45, 7) is -0.0140. The second-order valence-electron chi connectivity index (χ2n) is 6.49. The molecule has 0 atom stereocenters. The van der Waals surface area contributed by atoms with Crippen LogP contribution in [-0.4, -0.2) is 61.1 Å². The number of ether oxygens (including phenoxy) is 3. The Morgan fingerprint density at radius 3 is 2.74 bits per heavy atom. The van der Waals surface area contributed by atoms with E-state index in [-0.39, 0.29) is 28.3 Å². The van der Waals surface area contributed by atoms with Crippen LogP contribution in [0.15, 0.2) is 29.6 Å². The maximum atomic E-state index is 14.2. The number of alkyl halides is 2. The molecule has 14 heteroatoms. The Bertz CT molecular complexity index is 1220. The highest BCUT2D eigenvalue weighted by Gasteiger charge is 2.26. The van der Waals surface area contributed by atoms with Crippen LogP contribution in [0.5, 0.6) is 11.8 Å². The summed E-state index contributed by atoms with van der Waals surface area (Å²) in [6, 6.07) is 2.39. The van der Waals surface area contributed by atoms with Gasteiger partial charge in [0, 0.05) is 18.2 Å². The van der Waals surface area contributed by atoms with E-state index < -0.39 is 34.8 Å². The summed E-state index contributed by atoms with van der Waals surface area (Å²) in [7, 11) is -3.12. The van der Waals surface area contributed by atoms with Gasteiger partial charge in [-0.25, -0.2) is 23.1 Å². The number of imidazole rings is 1. The zero-order valence-corrected chi connectivity index (χ0v) is 16.8. The van der Waals surface area contributed by atoms with E-state index >= 15 is 0 Å². The van der Waals surface area contributed by atoms with Gasteiger partial charge < -0.3 is 14.2 Å². The highest BCUT2D eigenvalue weighted by atomic mass is 32.2. The lowest BCUT2D eigenvalue weighted by molar-refractivity contribution is 0.00676. The van der Waals surface area contributed by atoms with Gasteiger partial charge >= 0.3 is 0 Å². The number of sulfonamides is 1. The van der Waals surface area contributed by atoms with Crippen LogP contribution in [0.3, 0.4) is 0 Å². The van der Waals surface area contributed by atoms with Crippen LogP contribution < -0.4 is 14.2 Å². The molecule has 0 aliphatic carbocycles. The molecule has 1 saturated heterocycles. The third-order valence-electron chi connectivity index (χ3n) is 4.39. The molecule has 10 nitrogen and oxygen atoms in total. The van der Waals surface area contributed by atoms with Crippen molar-refractivity contribution in [3.63, 3.8) is 0 Å². The number of fused-ring (bicyclic) bond motifs is 1. The van der Waals surface area contributed by atoms with Gasteiger partial charge in [-0.3, -0.25) is 9.12 Å². The fourth-order valence-corrected chi connectivity index (χ4v) is 3.95. The van der Waals surface area contributed by atoms with Crippen molar-refractivity contribution in [3.8, 4) is 11.8 Å². The number of methoxy groups -OCH3 is 1. The van der Waals surface area contributed by atoms with Crippen LogP contribution in [-0.2, 0) is 14.8 Å². The predicted octanol–water partition coefficient (Wildman–Crippen LogP) is 1.83. The van der Waals surface area contributed by atoms with E-state index in [1.165, 1.54) is 10.6 Å². The zero-order valence-electron chi connectivity index (χ0n) is 16.0. The summed E-state index contributed by atoms with van der Waals surface area (Å²) in [5.41, 5.74) is 0.379. The molecule has 0 saturated carbocycles. The maximum absolute atomic E-state index is 14.2. The average Bonchev–Trinajstić information content (AvgIpc) is 3.10. The van der Waals surface area contributed by atoms with Crippen LogP contribution in [0.4, 0.5) is 18.9 Å². The number of pyridine rings is 1. The van der Waals surface area contributed by atoms with E-state index in [0.717, 1.165) is 25.1 Å². The zero-order chi connectivity index (χ0) is 22.2. The van der Waals surface area contributed by atoms with Crippen molar-refractivity contribution in [1.29, 1.82) is 0 Å². The Morgan fingerprint density at radius 2 is 2.10 bits per heavy atom. The molecule has 3 aromatic rings. The average molecular weight is 459 g/mol. The van der Waals surface area contributed by atoms with Crippen molar-refractivity contribution in [2.75, 3.05) is 31.7 Å². The lowest BCUT2D eigenvalue weighted by Crippen LogP contribution is -2.26. The van der Waals surface area contributed by atoms with Crippen molar-refractivity contribution in [1.82, 2.24) is 19.4 Å². The summed E-state index contributed by atoms with van der Waals surface area (Å²) < 4.78 is 82.6. The third kappa shape index (κ3) is 4.20. The first-order valence-electron chi connectivity index (χ1n) is 8.88. The number of nitrogens with one attached hydrogen (secondary N) is 1. The highest BCUT2D eigenvalue weighted by molar-refractivity contribution is 7.92. The predicted molar refractivity (Wildman–Crippen MR) is 99.6 cm³/mol. The van der Waals surface area contributed by atoms with E-state index in [0.29, 0.717) is 13.2 Å². The smallest absolute Gasteiger partial charge is 0.279 e. The Morgan fingerprint density at radius 1 is 1.32 bits per heavy atom. The van der Waals surface area contributed by atoms with Crippen molar-refractivity contribution < 1.29 is 35.8 Å². The van der Waals surface area contributed by atoms with Crippen LogP contribution in [0, 0.1) is 5.82 Å². The molecule has 1 N–H and O–H groups in total. The van der Waals surface area contributed by atoms with E-state index in [2.05, 4.69) is 24.4 Å². The Hall–Kier alpha value is -3.13.